The van der Waals surface area contributed by atoms with E-state index in [0.717, 1.165) is 28.4 Å². The first-order valence-corrected chi connectivity index (χ1v) is 8.07. The second-order valence-corrected chi connectivity index (χ2v) is 7.00. The van der Waals surface area contributed by atoms with Gasteiger partial charge in [0.25, 0.3) is 0 Å². The molecule has 1 heterocycles. The Bertz CT molecular complexity index is 742. The number of rotatable bonds is 4. The van der Waals surface area contributed by atoms with Gasteiger partial charge in [-0.25, -0.2) is 5.48 Å². The molecule has 4 heteroatoms. The Morgan fingerprint density at radius 1 is 1.08 bits per heavy atom. The summed E-state index contributed by atoms with van der Waals surface area (Å²) < 4.78 is 11.6. The zero-order valence-electron chi connectivity index (χ0n) is 14.3. The minimum absolute atomic E-state index is 0.129. The Balaban J connectivity index is 1.78. The lowest BCUT2D eigenvalue weighted by molar-refractivity contribution is 0.173. The van der Waals surface area contributed by atoms with E-state index >= 15 is 0 Å². The fourth-order valence-electron chi connectivity index (χ4n) is 2.63. The Hall–Kier alpha value is -2.30. The van der Waals surface area contributed by atoms with Crippen LogP contribution in [0.4, 0.5) is 0 Å². The molecule has 2 aromatic carbocycles. The molecule has 4 nitrogen and oxygen atoms in total. The molecular formula is C20H23NO3. The minimum atomic E-state index is 0.129. The van der Waals surface area contributed by atoms with E-state index in [0.29, 0.717) is 13.2 Å². The van der Waals surface area contributed by atoms with Gasteiger partial charge in [0.2, 0.25) is 0 Å². The van der Waals surface area contributed by atoms with E-state index in [1.54, 1.807) is 0 Å². The number of ether oxygens (including phenoxy) is 2. The lowest BCUT2D eigenvalue weighted by atomic mass is 9.87. The van der Waals surface area contributed by atoms with Crippen molar-refractivity contribution in [1.82, 2.24) is 5.48 Å². The summed E-state index contributed by atoms with van der Waals surface area (Å²) >= 11 is 0. The fourth-order valence-corrected chi connectivity index (χ4v) is 2.63. The number of benzene rings is 2. The molecule has 0 amide bonds. The molecule has 2 N–H and O–H groups in total. The molecule has 0 saturated heterocycles. The number of hydrogen-bond donors (Lipinski definition) is 2. The molecule has 3 rings (SSSR count). The van der Waals surface area contributed by atoms with Gasteiger partial charge < -0.3 is 14.7 Å². The summed E-state index contributed by atoms with van der Waals surface area (Å²) in [4.78, 5) is 0. The maximum absolute atomic E-state index is 8.82. The largest absolute Gasteiger partial charge is 0.489 e. The molecule has 1 aliphatic heterocycles. The summed E-state index contributed by atoms with van der Waals surface area (Å²) in [6.45, 7) is 7.44. The second-order valence-electron chi connectivity index (χ2n) is 7.00. The van der Waals surface area contributed by atoms with Crippen molar-refractivity contribution in [2.75, 3.05) is 13.2 Å². The summed E-state index contributed by atoms with van der Waals surface area (Å²) in [5.41, 5.74) is 5.50. The Kier molecular flexibility index (Phi) is 4.60. The van der Waals surface area contributed by atoms with Crippen LogP contribution in [0.1, 0.15) is 31.9 Å². The standard InChI is InChI=1S/C20H23NO3/c1-20(2,3)16-4-6-17(7-5-16)24-18-8-9-19-15(11-18)10-14(12-21-22)13-23-19/h4-11,21-22H,12-13H2,1-3H3. The van der Waals surface area contributed by atoms with Crippen molar-refractivity contribution in [3.05, 3.63) is 59.2 Å². The van der Waals surface area contributed by atoms with Crippen LogP contribution in [0.25, 0.3) is 6.08 Å². The smallest absolute Gasteiger partial charge is 0.128 e. The van der Waals surface area contributed by atoms with Gasteiger partial charge in [-0.05, 0) is 53.0 Å². The molecule has 0 aliphatic carbocycles. The van der Waals surface area contributed by atoms with Crippen LogP contribution in [0, 0.1) is 0 Å². The van der Waals surface area contributed by atoms with Crippen LogP contribution in [-0.4, -0.2) is 18.4 Å². The van der Waals surface area contributed by atoms with Gasteiger partial charge in [-0.2, -0.15) is 0 Å². The normalized spacial score (nSPS) is 13.8. The van der Waals surface area contributed by atoms with E-state index in [2.05, 4.69) is 38.4 Å². The van der Waals surface area contributed by atoms with Crippen molar-refractivity contribution in [2.24, 2.45) is 0 Å². The van der Waals surface area contributed by atoms with Crippen molar-refractivity contribution >= 4 is 6.08 Å². The van der Waals surface area contributed by atoms with Crippen LogP contribution in [-0.2, 0) is 5.41 Å². The highest BCUT2D eigenvalue weighted by Crippen LogP contribution is 2.32. The first-order chi connectivity index (χ1) is 11.5. The van der Waals surface area contributed by atoms with E-state index in [4.69, 9.17) is 14.7 Å². The SMILES string of the molecule is CC(C)(C)c1ccc(Oc2ccc3c(c2)C=C(CNO)CO3)cc1. The van der Waals surface area contributed by atoms with Gasteiger partial charge in [-0.3, -0.25) is 0 Å². The summed E-state index contributed by atoms with van der Waals surface area (Å²) in [5, 5.41) is 8.82. The summed E-state index contributed by atoms with van der Waals surface area (Å²) in [5.74, 6) is 2.39. The number of hydrogen-bond acceptors (Lipinski definition) is 4. The van der Waals surface area contributed by atoms with Gasteiger partial charge >= 0.3 is 0 Å². The predicted octanol–water partition coefficient (Wildman–Crippen LogP) is 4.53. The van der Waals surface area contributed by atoms with E-state index in [-0.39, 0.29) is 5.41 Å². The minimum Gasteiger partial charge on any atom is -0.489 e. The van der Waals surface area contributed by atoms with Crippen LogP contribution in [0.3, 0.4) is 0 Å². The quantitative estimate of drug-likeness (QED) is 0.811. The Morgan fingerprint density at radius 2 is 1.79 bits per heavy atom. The van der Waals surface area contributed by atoms with Crippen LogP contribution in [0.5, 0.6) is 17.2 Å². The third-order valence-corrected chi connectivity index (χ3v) is 4.02. The Labute approximate surface area is 142 Å². The van der Waals surface area contributed by atoms with Crippen molar-refractivity contribution in [3.63, 3.8) is 0 Å². The highest BCUT2D eigenvalue weighted by molar-refractivity contribution is 5.64. The topological polar surface area (TPSA) is 50.7 Å². The molecule has 126 valence electrons. The maximum atomic E-state index is 8.82. The molecule has 0 radical (unpaired) electrons. The van der Waals surface area contributed by atoms with Gasteiger partial charge in [0.15, 0.2) is 0 Å². The summed E-state index contributed by atoms with van der Waals surface area (Å²) in [6.07, 6.45) is 2.01. The van der Waals surface area contributed by atoms with Crippen molar-refractivity contribution < 1.29 is 14.7 Å². The molecule has 1 aliphatic rings. The number of fused-ring (bicyclic) bond motifs is 1. The molecule has 0 bridgehead atoms. The van der Waals surface area contributed by atoms with E-state index in [1.807, 2.05) is 36.4 Å². The van der Waals surface area contributed by atoms with E-state index in [1.165, 1.54) is 5.56 Å². The molecule has 0 fully saturated rings. The van der Waals surface area contributed by atoms with Gasteiger partial charge in [0, 0.05) is 12.1 Å². The van der Waals surface area contributed by atoms with E-state index in [9.17, 15) is 0 Å². The predicted molar refractivity (Wildman–Crippen MR) is 94.9 cm³/mol. The monoisotopic (exact) mass is 325 g/mol. The highest BCUT2D eigenvalue weighted by atomic mass is 16.5. The number of nitrogens with one attached hydrogen (secondary N) is 1. The molecular weight excluding hydrogens is 302 g/mol. The van der Waals surface area contributed by atoms with Gasteiger partial charge in [0.1, 0.15) is 23.9 Å². The van der Waals surface area contributed by atoms with Crippen molar-refractivity contribution in [3.8, 4) is 17.2 Å². The van der Waals surface area contributed by atoms with Crippen LogP contribution in [0.15, 0.2) is 48.0 Å². The van der Waals surface area contributed by atoms with Crippen LogP contribution in [0.2, 0.25) is 0 Å². The third kappa shape index (κ3) is 3.78. The Morgan fingerprint density at radius 3 is 2.46 bits per heavy atom. The third-order valence-electron chi connectivity index (χ3n) is 4.02. The molecule has 0 saturated carbocycles. The molecule has 0 spiro atoms. The zero-order chi connectivity index (χ0) is 17.2. The zero-order valence-corrected chi connectivity index (χ0v) is 14.3. The summed E-state index contributed by atoms with van der Waals surface area (Å²) in [7, 11) is 0. The van der Waals surface area contributed by atoms with Crippen molar-refractivity contribution in [1.29, 1.82) is 0 Å². The number of hydroxylamine groups is 1. The van der Waals surface area contributed by atoms with Crippen LogP contribution >= 0.6 is 0 Å². The first kappa shape index (κ1) is 16.6. The first-order valence-electron chi connectivity index (χ1n) is 8.07. The molecule has 0 atom stereocenters. The van der Waals surface area contributed by atoms with Gasteiger partial charge in [-0.1, -0.05) is 32.9 Å². The lowest BCUT2D eigenvalue weighted by Gasteiger charge is -2.20. The molecule has 0 unspecified atom stereocenters. The van der Waals surface area contributed by atoms with E-state index < -0.39 is 0 Å². The second kappa shape index (κ2) is 6.67. The average molecular weight is 325 g/mol. The maximum Gasteiger partial charge on any atom is 0.128 e. The van der Waals surface area contributed by atoms with Crippen molar-refractivity contribution in [2.45, 2.75) is 26.2 Å². The highest BCUT2D eigenvalue weighted by Gasteiger charge is 2.14. The van der Waals surface area contributed by atoms with Gasteiger partial charge in [0.05, 0.1) is 0 Å². The molecule has 2 aromatic rings. The van der Waals surface area contributed by atoms with Crippen LogP contribution < -0.4 is 15.0 Å². The fraction of sp³-hybridized carbons (Fsp3) is 0.300. The molecule has 24 heavy (non-hydrogen) atoms. The van der Waals surface area contributed by atoms with Gasteiger partial charge in [-0.15, -0.1) is 0 Å². The lowest BCUT2D eigenvalue weighted by Crippen LogP contribution is -2.18. The molecule has 0 aromatic heterocycles. The average Bonchev–Trinajstić information content (AvgIpc) is 2.54. The summed E-state index contributed by atoms with van der Waals surface area (Å²) in [6, 6.07) is 13.9.